The van der Waals surface area contributed by atoms with E-state index >= 15 is 0 Å². The van der Waals surface area contributed by atoms with E-state index in [1.165, 1.54) is 11.8 Å². The van der Waals surface area contributed by atoms with E-state index in [0.717, 1.165) is 15.8 Å². The first-order valence-electron chi connectivity index (χ1n) is 8.91. The van der Waals surface area contributed by atoms with Crippen molar-refractivity contribution in [1.82, 2.24) is 5.32 Å². The van der Waals surface area contributed by atoms with Crippen LogP contribution in [0, 0.1) is 0 Å². The molecule has 7 nitrogen and oxygen atoms in total. The molecule has 2 aromatic rings. The minimum Gasteiger partial charge on any atom is -0.493 e. The summed E-state index contributed by atoms with van der Waals surface area (Å²) in [5.74, 6) is 0.273. The van der Waals surface area contributed by atoms with Crippen molar-refractivity contribution in [1.29, 1.82) is 0 Å². The standard InChI is InChI=1S/C20H19BrN4O3S/c1-2-28-16-9-8-13(10-15(16)21)12-22-25-20-24-19(27)17(29-20)11-18(26)23-14-6-4-3-5-7-14/h3-10,12,17H,2,11H2,1H3,(H,23,26)(H,24,25,27). The average Bonchev–Trinajstić information content (AvgIpc) is 3.04. The molecule has 0 spiro atoms. The minimum absolute atomic E-state index is 0.0555. The maximum atomic E-state index is 12.1. The van der Waals surface area contributed by atoms with Gasteiger partial charge in [0, 0.05) is 12.1 Å². The van der Waals surface area contributed by atoms with Crippen LogP contribution in [0.4, 0.5) is 5.69 Å². The van der Waals surface area contributed by atoms with Gasteiger partial charge in [-0.25, -0.2) is 0 Å². The molecule has 3 rings (SSSR count). The molecule has 1 heterocycles. The molecule has 0 aromatic heterocycles. The number of benzene rings is 2. The van der Waals surface area contributed by atoms with Crippen LogP contribution < -0.4 is 15.4 Å². The largest absolute Gasteiger partial charge is 0.493 e. The number of ether oxygens (including phenoxy) is 1. The molecule has 0 saturated carbocycles. The second-order valence-electron chi connectivity index (χ2n) is 5.99. The van der Waals surface area contributed by atoms with Gasteiger partial charge in [0.2, 0.25) is 11.8 Å². The summed E-state index contributed by atoms with van der Waals surface area (Å²) in [5, 5.41) is 13.3. The van der Waals surface area contributed by atoms with Gasteiger partial charge in [-0.2, -0.15) is 5.10 Å². The molecular formula is C20H19BrN4O3S. The Labute approximate surface area is 181 Å². The zero-order valence-corrected chi connectivity index (χ0v) is 18.0. The molecule has 150 valence electrons. The number of para-hydroxylation sites is 1. The maximum absolute atomic E-state index is 12.1. The van der Waals surface area contributed by atoms with Crippen LogP contribution in [0.5, 0.6) is 5.75 Å². The third-order valence-electron chi connectivity index (χ3n) is 3.82. The summed E-state index contributed by atoms with van der Waals surface area (Å²) in [6.45, 7) is 2.51. The Morgan fingerprint density at radius 3 is 2.83 bits per heavy atom. The van der Waals surface area contributed by atoms with Crippen molar-refractivity contribution in [2.24, 2.45) is 10.2 Å². The summed E-state index contributed by atoms with van der Waals surface area (Å²) in [6, 6.07) is 14.7. The Bertz CT molecular complexity index is 950. The van der Waals surface area contributed by atoms with Crippen LogP contribution in [0.15, 0.2) is 63.2 Å². The van der Waals surface area contributed by atoms with E-state index in [-0.39, 0.29) is 18.2 Å². The average molecular weight is 475 g/mol. The third-order valence-corrected chi connectivity index (χ3v) is 5.51. The predicted molar refractivity (Wildman–Crippen MR) is 120 cm³/mol. The highest BCUT2D eigenvalue weighted by Crippen LogP contribution is 2.26. The van der Waals surface area contributed by atoms with Crippen molar-refractivity contribution in [3.8, 4) is 5.75 Å². The summed E-state index contributed by atoms with van der Waals surface area (Å²) < 4.78 is 6.29. The van der Waals surface area contributed by atoms with Crippen molar-refractivity contribution >= 4 is 56.6 Å². The fourth-order valence-electron chi connectivity index (χ4n) is 2.51. The fourth-order valence-corrected chi connectivity index (χ4v) is 3.94. The number of nitrogens with zero attached hydrogens (tertiary/aromatic N) is 2. The first-order chi connectivity index (χ1) is 14.0. The normalized spacial score (nSPS) is 17.5. The highest BCUT2D eigenvalue weighted by Gasteiger charge is 2.32. The molecular weight excluding hydrogens is 456 g/mol. The summed E-state index contributed by atoms with van der Waals surface area (Å²) >= 11 is 4.64. The zero-order valence-electron chi connectivity index (χ0n) is 15.6. The van der Waals surface area contributed by atoms with Crippen molar-refractivity contribution in [2.75, 3.05) is 11.9 Å². The van der Waals surface area contributed by atoms with E-state index in [1.807, 2.05) is 43.3 Å². The summed E-state index contributed by atoms with van der Waals surface area (Å²) in [6.07, 6.45) is 1.63. The number of hydrogen-bond donors (Lipinski definition) is 2. The lowest BCUT2D eigenvalue weighted by Crippen LogP contribution is -2.28. The fraction of sp³-hybridized carbons (Fsp3) is 0.200. The molecule has 1 fully saturated rings. The molecule has 2 N–H and O–H groups in total. The molecule has 1 unspecified atom stereocenters. The highest BCUT2D eigenvalue weighted by molar-refractivity contribution is 9.10. The lowest BCUT2D eigenvalue weighted by atomic mass is 10.2. The van der Waals surface area contributed by atoms with Gasteiger partial charge >= 0.3 is 0 Å². The third kappa shape index (κ3) is 6.16. The Balaban J connectivity index is 1.55. The molecule has 0 radical (unpaired) electrons. The lowest BCUT2D eigenvalue weighted by Gasteiger charge is -2.06. The van der Waals surface area contributed by atoms with Crippen molar-refractivity contribution in [3.05, 3.63) is 58.6 Å². The van der Waals surface area contributed by atoms with Gasteiger partial charge in [-0.05, 0) is 58.7 Å². The molecule has 0 bridgehead atoms. The number of rotatable bonds is 7. The van der Waals surface area contributed by atoms with Crippen LogP contribution in [0.3, 0.4) is 0 Å². The summed E-state index contributed by atoms with van der Waals surface area (Å²) in [4.78, 5) is 24.2. The van der Waals surface area contributed by atoms with Crippen LogP contribution >= 0.6 is 27.7 Å². The summed E-state index contributed by atoms with van der Waals surface area (Å²) in [7, 11) is 0. The number of nitrogens with one attached hydrogen (secondary N) is 2. The van der Waals surface area contributed by atoms with Crippen LogP contribution in [0.2, 0.25) is 0 Å². The molecule has 29 heavy (non-hydrogen) atoms. The maximum Gasteiger partial charge on any atom is 0.240 e. The van der Waals surface area contributed by atoms with Crippen molar-refractivity contribution in [3.63, 3.8) is 0 Å². The van der Waals surface area contributed by atoms with Gasteiger partial charge in [-0.15, -0.1) is 5.10 Å². The first-order valence-corrected chi connectivity index (χ1v) is 10.6. The van der Waals surface area contributed by atoms with Gasteiger partial charge in [0.25, 0.3) is 0 Å². The van der Waals surface area contributed by atoms with E-state index in [9.17, 15) is 9.59 Å². The minimum atomic E-state index is -0.535. The zero-order chi connectivity index (χ0) is 20.6. The molecule has 1 saturated heterocycles. The number of thioether (sulfide) groups is 1. The van der Waals surface area contributed by atoms with Gasteiger partial charge < -0.3 is 15.4 Å². The second-order valence-corrected chi connectivity index (χ2v) is 8.03. The lowest BCUT2D eigenvalue weighted by molar-refractivity contribution is -0.122. The second kappa shape index (κ2) is 10.2. The number of carbonyl (C=O) groups excluding carboxylic acids is 2. The van der Waals surface area contributed by atoms with E-state index in [1.54, 1.807) is 18.3 Å². The molecule has 1 aliphatic heterocycles. The number of amidine groups is 1. The number of halogens is 1. The molecule has 1 atom stereocenters. The van der Waals surface area contributed by atoms with Gasteiger partial charge in [-0.1, -0.05) is 30.0 Å². The van der Waals surface area contributed by atoms with E-state index < -0.39 is 5.25 Å². The molecule has 2 amide bonds. The SMILES string of the molecule is CCOc1ccc(C=NN=C2NC(=O)C(CC(=O)Nc3ccccc3)S2)cc1Br. The van der Waals surface area contributed by atoms with E-state index in [0.29, 0.717) is 17.5 Å². The van der Waals surface area contributed by atoms with E-state index in [2.05, 4.69) is 36.8 Å². The number of amides is 2. The Morgan fingerprint density at radius 2 is 2.10 bits per heavy atom. The monoisotopic (exact) mass is 474 g/mol. The first kappa shape index (κ1) is 21.1. The smallest absolute Gasteiger partial charge is 0.240 e. The summed E-state index contributed by atoms with van der Waals surface area (Å²) in [5.41, 5.74) is 1.53. The predicted octanol–water partition coefficient (Wildman–Crippen LogP) is 3.80. The van der Waals surface area contributed by atoms with Gasteiger partial charge in [0.15, 0.2) is 5.17 Å². The van der Waals surface area contributed by atoms with Gasteiger partial charge in [-0.3, -0.25) is 9.59 Å². The molecule has 9 heteroatoms. The van der Waals surface area contributed by atoms with Gasteiger partial charge in [0.05, 0.1) is 17.3 Å². The molecule has 0 aliphatic carbocycles. The number of hydrogen-bond acceptors (Lipinski definition) is 6. The molecule has 1 aliphatic rings. The molecule has 2 aromatic carbocycles. The highest BCUT2D eigenvalue weighted by atomic mass is 79.9. The topological polar surface area (TPSA) is 92.2 Å². The van der Waals surface area contributed by atoms with Gasteiger partial charge in [0.1, 0.15) is 11.0 Å². The van der Waals surface area contributed by atoms with Crippen molar-refractivity contribution in [2.45, 2.75) is 18.6 Å². The number of anilines is 1. The Kier molecular flexibility index (Phi) is 7.42. The van der Waals surface area contributed by atoms with E-state index in [4.69, 9.17) is 4.74 Å². The van der Waals surface area contributed by atoms with Crippen LogP contribution in [0.1, 0.15) is 18.9 Å². The van der Waals surface area contributed by atoms with Crippen LogP contribution in [0.25, 0.3) is 0 Å². The van der Waals surface area contributed by atoms with Crippen molar-refractivity contribution < 1.29 is 14.3 Å². The van der Waals surface area contributed by atoms with Crippen LogP contribution in [-0.2, 0) is 9.59 Å². The number of carbonyl (C=O) groups is 2. The Hall–Kier alpha value is -2.65. The van der Waals surface area contributed by atoms with Crippen LogP contribution in [-0.4, -0.2) is 35.1 Å². The quantitative estimate of drug-likeness (QED) is 0.471. The Morgan fingerprint density at radius 1 is 1.31 bits per heavy atom.